The Labute approximate surface area is 113 Å². The van der Waals surface area contributed by atoms with Crippen molar-refractivity contribution in [1.82, 2.24) is 9.88 Å². The van der Waals surface area contributed by atoms with E-state index in [1.807, 2.05) is 13.1 Å². The third-order valence-electron chi connectivity index (χ3n) is 3.30. The lowest BCUT2D eigenvalue weighted by Gasteiger charge is -2.17. The molecule has 2 N–H and O–H groups in total. The molecule has 0 bridgehead atoms. The number of aryl methyl sites for hydroxylation is 1. The number of nitrogens with one attached hydrogen (secondary N) is 2. The summed E-state index contributed by atoms with van der Waals surface area (Å²) in [5.74, 6) is 0.0943. The number of carbonyl (C=O) groups is 1. The second-order valence-corrected chi connectivity index (χ2v) is 4.99. The molecule has 1 aromatic rings. The molecule has 1 aliphatic heterocycles. The van der Waals surface area contributed by atoms with Crippen molar-refractivity contribution in [3.05, 3.63) is 28.7 Å². The van der Waals surface area contributed by atoms with Gasteiger partial charge in [0.15, 0.2) is 0 Å². The summed E-state index contributed by atoms with van der Waals surface area (Å²) in [6.07, 6.45) is 5.21. The molecule has 19 heavy (non-hydrogen) atoms. The van der Waals surface area contributed by atoms with Crippen LogP contribution in [-0.2, 0) is 11.3 Å². The van der Waals surface area contributed by atoms with Crippen LogP contribution in [0.4, 0.5) is 5.69 Å². The first-order chi connectivity index (χ1) is 9.19. The average Bonchev–Trinajstić information content (AvgIpc) is 2.58. The fourth-order valence-electron chi connectivity index (χ4n) is 2.37. The predicted octanol–water partition coefficient (Wildman–Crippen LogP) is 1.34. The molecule has 0 aliphatic carbocycles. The molecule has 0 aromatic carbocycles. The number of rotatable bonds is 4. The molecule has 5 nitrogen and oxygen atoms in total. The molecule has 1 atom stereocenters. The van der Waals surface area contributed by atoms with Gasteiger partial charge in [0.1, 0.15) is 0 Å². The maximum Gasteiger partial charge on any atom is 0.250 e. The lowest BCUT2D eigenvalue weighted by Crippen LogP contribution is -2.27. The van der Waals surface area contributed by atoms with Crippen LogP contribution in [-0.4, -0.2) is 23.1 Å². The molecule has 1 aromatic heterocycles. The average molecular weight is 263 g/mol. The van der Waals surface area contributed by atoms with Crippen LogP contribution in [0.1, 0.15) is 32.6 Å². The van der Waals surface area contributed by atoms with Crippen LogP contribution in [0.5, 0.6) is 0 Å². The maximum absolute atomic E-state index is 11.6. The molecule has 2 rings (SSSR count). The van der Waals surface area contributed by atoms with E-state index in [2.05, 4.69) is 10.6 Å². The third-order valence-corrected chi connectivity index (χ3v) is 3.30. The first-order valence-corrected chi connectivity index (χ1v) is 6.93. The summed E-state index contributed by atoms with van der Waals surface area (Å²) in [6.45, 7) is 3.52. The number of carbonyl (C=O) groups excluding carboxylic acids is 1. The number of aromatic nitrogens is 1. The van der Waals surface area contributed by atoms with Crippen LogP contribution >= 0.6 is 0 Å². The molecule has 5 heteroatoms. The van der Waals surface area contributed by atoms with E-state index in [1.165, 1.54) is 0 Å². The fourth-order valence-corrected chi connectivity index (χ4v) is 2.37. The lowest BCUT2D eigenvalue weighted by atomic mass is 10.1. The number of anilines is 1. The van der Waals surface area contributed by atoms with Gasteiger partial charge in [-0.3, -0.25) is 9.59 Å². The summed E-state index contributed by atoms with van der Waals surface area (Å²) in [6, 6.07) is 3.52. The monoisotopic (exact) mass is 263 g/mol. The van der Waals surface area contributed by atoms with E-state index >= 15 is 0 Å². The number of hydrogen-bond donors (Lipinski definition) is 2. The van der Waals surface area contributed by atoms with Crippen molar-refractivity contribution in [2.75, 3.05) is 11.9 Å². The molecule has 0 saturated carbocycles. The highest BCUT2D eigenvalue weighted by Crippen LogP contribution is 2.13. The van der Waals surface area contributed by atoms with Gasteiger partial charge in [-0.15, -0.1) is 0 Å². The Kier molecular flexibility index (Phi) is 4.60. The maximum atomic E-state index is 11.6. The highest BCUT2D eigenvalue weighted by Gasteiger charge is 2.17. The van der Waals surface area contributed by atoms with E-state index in [0.717, 1.165) is 38.0 Å². The van der Waals surface area contributed by atoms with Crippen LogP contribution < -0.4 is 16.2 Å². The van der Waals surface area contributed by atoms with Gasteiger partial charge in [-0.1, -0.05) is 6.92 Å². The molecule has 1 amide bonds. The van der Waals surface area contributed by atoms with E-state index < -0.39 is 0 Å². The summed E-state index contributed by atoms with van der Waals surface area (Å²) in [4.78, 5) is 23.1. The zero-order chi connectivity index (χ0) is 13.7. The molecule has 2 heterocycles. The largest absolute Gasteiger partial charge is 0.381 e. The van der Waals surface area contributed by atoms with Crippen LogP contribution in [0.25, 0.3) is 0 Å². The van der Waals surface area contributed by atoms with Gasteiger partial charge >= 0.3 is 0 Å². The fraction of sp³-hybridized carbons (Fsp3) is 0.571. The number of pyridine rings is 1. The molecular formula is C14H21N3O2. The topological polar surface area (TPSA) is 63.1 Å². The zero-order valence-electron chi connectivity index (χ0n) is 11.3. The molecule has 1 aliphatic rings. The first kappa shape index (κ1) is 13.6. The minimum absolute atomic E-state index is 0.0195. The summed E-state index contributed by atoms with van der Waals surface area (Å²) in [7, 11) is 0. The third kappa shape index (κ3) is 3.84. The Balaban J connectivity index is 2.07. The van der Waals surface area contributed by atoms with Crippen LogP contribution in [0.3, 0.4) is 0 Å². The van der Waals surface area contributed by atoms with E-state index in [0.29, 0.717) is 6.42 Å². The van der Waals surface area contributed by atoms with Gasteiger partial charge in [0.25, 0.3) is 5.56 Å². The molecule has 0 radical (unpaired) electrons. The van der Waals surface area contributed by atoms with E-state index in [-0.39, 0.29) is 17.5 Å². The molecular weight excluding hydrogens is 242 g/mol. The van der Waals surface area contributed by atoms with Crippen LogP contribution in [0.15, 0.2) is 23.1 Å². The molecule has 1 saturated heterocycles. The Morgan fingerprint density at radius 3 is 3.05 bits per heavy atom. The minimum Gasteiger partial charge on any atom is -0.381 e. The van der Waals surface area contributed by atoms with E-state index in [9.17, 15) is 9.59 Å². The van der Waals surface area contributed by atoms with Gasteiger partial charge in [0, 0.05) is 37.8 Å². The molecule has 104 valence electrons. The van der Waals surface area contributed by atoms with Crippen molar-refractivity contribution in [1.29, 1.82) is 0 Å². The van der Waals surface area contributed by atoms with Crippen molar-refractivity contribution in [3.63, 3.8) is 0 Å². The van der Waals surface area contributed by atoms with Crippen molar-refractivity contribution < 1.29 is 4.79 Å². The number of hydrogen-bond acceptors (Lipinski definition) is 3. The normalized spacial score (nSPS) is 19.6. The molecule has 1 unspecified atom stereocenters. The second-order valence-electron chi connectivity index (χ2n) is 4.99. The smallest absolute Gasteiger partial charge is 0.250 e. The van der Waals surface area contributed by atoms with E-state index in [1.54, 1.807) is 16.7 Å². The standard InChI is InChI=1S/C14H21N3O2/c1-2-8-17-10-12(5-6-14(17)19)16-11-4-3-7-15-13(18)9-11/h5-6,10-11,16H,2-4,7-9H2,1H3,(H,15,18). The van der Waals surface area contributed by atoms with Gasteiger partial charge in [-0.25, -0.2) is 0 Å². The second kappa shape index (κ2) is 6.41. The number of amides is 1. The quantitative estimate of drug-likeness (QED) is 0.861. The summed E-state index contributed by atoms with van der Waals surface area (Å²) in [5.41, 5.74) is 0.929. The Morgan fingerprint density at radius 2 is 2.26 bits per heavy atom. The van der Waals surface area contributed by atoms with Crippen molar-refractivity contribution in [2.24, 2.45) is 0 Å². The van der Waals surface area contributed by atoms with Gasteiger partial charge in [0.05, 0.1) is 5.69 Å². The first-order valence-electron chi connectivity index (χ1n) is 6.93. The SMILES string of the molecule is CCCn1cc(NC2CCCNC(=O)C2)ccc1=O. The predicted molar refractivity (Wildman–Crippen MR) is 75.3 cm³/mol. The van der Waals surface area contributed by atoms with Crippen LogP contribution in [0, 0.1) is 0 Å². The zero-order valence-corrected chi connectivity index (χ0v) is 11.3. The van der Waals surface area contributed by atoms with Gasteiger partial charge < -0.3 is 15.2 Å². The molecule has 1 fully saturated rings. The lowest BCUT2D eigenvalue weighted by molar-refractivity contribution is -0.120. The summed E-state index contributed by atoms with van der Waals surface area (Å²) < 4.78 is 1.71. The van der Waals surface area contributed by atoms with Gasteiger partial charge in [0.2, 0.25) is 5.91 Å². The molecule has 0 spiro atoms. The Bertz CT molecular complexity index is 496. The van der Waals surface area contributed by atoms with Crippen molar-refractivity contribution in [3.8, 4) is 0 Å². The number of nitrogens with zero attached hydrogens (tertiary/aromatic N) is 1. The van der Waals surface area contributed by atoms with Crippen molar-refractivity contribution in [2.45, 2.75) is 45.2 Å². The van der Waals surface area contributed by atoms with E-state index in [4.69, 9.17) is 0 Å². The Morgan fingerprint density at radius 1 is 1.42 bits per heavy atom. The summed E-state index contributed by atoms with van der Waals surface area (Å²) >= 11 is 0. The summed E-state index contributed by atoms with van der Waals surface area (Å²) in [5, 5.41) is 6.22. The highest BCUT2D eigenvalue weighted by molar-refractivity contribution is 5.77. The van der Waals surface area contributed by atoms with Gasteiger partial charge in [-0.05, 0) is 25.3 Å². The van der Waals surface area contributed by atoms with Gasteiger partial charge in [-0.2, -0.15) is 0 Å². The Hall–Kier alpha value is -1.78. The van der Waals surface area contributed by atoms with Crippen molar-refractivity contribution >= 4 is 11.6 Å². The highest BCUT2D eigenvalue weighted by atomic mass is 16.1. The van der Waals surface area contributed by atoms with Crippen LogP contribution in [0.2, 0.25) is 0 Å². The minimum atomic E-state index is 0.0195.